The summed E-state index contributed by atoms with van der Waals surface area (Å²) < 4.78 is 0. The fourth-order valence-corrected chi connectivity index (χ4v) is 2.62. The molecule has 2 heterocycles. The van der Waals surface area contributed by atoms with Gasteiger partial charge in [0.25, 0.3) is 5.56 Å². The smallest absolute Gasteiger partial charge is 0.258 e. The lowest BCUT2D eigenvalue weighted by atomic mass is 10.2. The van der Waals surface area contributed by atoms with Crippen LogP contribution in [0.25, 0.3) is 10.9 Å². The van der Waals surface area contributed by atoms with Gasteiger partial charge in [-0.2, -0.15) is 0 Å². The van der Waals surface area contributed by atoms with E-state index >= 15 is 0 Å². The molecule has 1 aromatic carbocycles. The van der Waals surface area contributed by atoms with Gasteiger partial charge < -0.3 is 9.88 Å². The average molecular weight is 293 g/mol. The molecule has 0 spiro atoms. The number of aromatic amines is 1. The first-order valence-corrected chi connectivity index (χ1v) is 7.09. The molecule has 0 atom stereocenters. The molecule has 1 fully saturated rings. The molecular formula is C14H17ClN4O. The number of H-pyrrole nitrogens is 1. The normalized spacial score (nSPS) is 17.7. The van der Waals surface area contributed by atoms with Gasteiger partial charge in [0.1, 0.15) is 5.82 Å². The topological polar surface area (TPSA) is 52.2 Å². The third-order valence-corrected chi connectivity index (χ3v) is 3.92. The van der Waals surface area contributed by atoms with Gasteiger partial charge in [0.15, 0.2) is 0 Å². The van der Waals surface area contributed by atoms with Crippen LogP contribution in [0.5, 0.6) is 0 Å². The Morgan fingerprint density at radius 3 is 2.80 bits per heavy atom. The van der Waals surface area contributed by atoms with E-state index in [-0.39, 0.29) is 5.56 Å². The van der Waals surface area contributed by atoms with Crippen LogP contribution in [-0.2, 0) is 6.54 Å². The van der Waals surface area contributed by atoms with E-state index in [9.17, 15) is 4.79 Å². The zero-order valence-electron chi connectivity index (χ0n) is 11.4. The quantitative estimate of drug-likeness (QED) is 0.907. The van der Waals surface area contributed by atoms with Crippen molar-refractivity contribution in [2.45, 2.75) is 6.54 Å². The highest BCUT2D eigenvalue weighted by Crippen LogP contribution is 2.15. The van der Waals surface area contributed by atoms with Crippen LogP contribution in [0.4, 0.5) is 0 Å². The molecule has 0 unspecified atom stereocenters. The van der Waals surface area contributed by atoms with Gasteiger partial charge in [0, 0.05) is 31.2 Å². The molecule has 0 saturated carbocycles. The van der Waals surface area contributed by atoms with Gasteiger partial charge in [-0.1, -0.05) is 11.6 Å². The fraction of sp³-hybridized carbons (Fsp3) is 0.429. The van der Waals surface area contributed by atoms with Gasteiger partial charge in [0.2, 0.25) is 0 Å². The van der Waals surface area contributed by atoms with Crippen LogP contribution in [0.3, 0.4) is 0 Å². The highest BCUT2D eigenvalue weighted by molar-refractivity contribution is 6.31. The molecule has 0 amide bonds. The molecule has 1 N–H and O–H groups in total. The van der Waals surface area contributed by atoms with Crippen molar-refractivity contribution in [3.8, 4) is 0 Å². The Hall–Kier alpha value is -1.43. The Labute approximate surface area is 122 Å². The molecule has 6 heteroatoms. The molecular weight excluding hydrogens is 276 g/mol. The van der Waals surface area contributed by atoms with Gasteiger partial charge in [-0.05, 0) is 25.2 Å². The summed E-state index contributed by atoms with van der Waals surface area (Å²) in [4.78, 5) is 24.0. The minimum absolute atomic E-state index is 0.101. The van der Waals surface area contributed by atoms with Gasteiger partial charge >= 0.3 is 0 Å². The molecule has 3 rings (SSSR count). The maximum absolute atomic E-state index is 12.0. The van der Waals surface area contributed by atoms with Crippen molar-refractivity contribution in [1.29, 1.82) is 0 Å². The van der Waals surface area contributed by atoms with Gasteiger partial charge in [-0.25, -0.2) is 4.98 Å². The second-order valence-electron chi connectivity index (χ2n) is 5.25. The lowest BCUT2D eigenvalue weighted by Crippen LogP contribution is -2.44. The Balaban J connectivity index is 1.87. The summed E-state index contributed by atoms with van der Waals surface area (Å²) in [5.41, 5.74) is 0.557. The second-order valence-corrected chi connectivity index (χ2v) is 5.69. The number of likely N-dealkylation sites (N-methyl/N-ethyl adjacent to an activating group) is 1. The van der Waals surface area contributed by atoms with Crippen LogP contribution in [0.2, 0.25) is 5.02 Å². The van der Waals surface area contributed by atoms with Crippen molar-refractivity contribution < 1.29 is 0 Å². The monoisotopic (exact) mass is 292 g/mol. The molecule has 1 aliphatic heterocycles. The van der Waals surface area contributed by atoms with Crippen LogP contribution in [-0.4, -0.2) is 53.0 Å². The van der Waals surface area contributed by atoms with Crippen molar-refractivity contribution >= 4 is 22.5 Å². The van der Waals surface area contributed by atoms with Gasteiger partial charge in [-0.3, -0.25) is 9.69 Å². The zero-order chi connectivity index (χ0) is 14.1. The fourth-order valence-electron chi connectivity index (χ4n) is 2.45. The maximum Gasteiger partial charge on any atom is 0.258 e. The highest BCUT2D eigenvalue weighted by Gasteiger charge is 2.15. The summed E-state index contributed by atoms with van der Waals surface area (Å²) in [6.45, 7) is 4.75. The number of piperazine rings is 1. The molecule has 1 aromatic heterocycles. The molecule has 0 radical (unpaired) electrons. The molecule has 2 aromatic rings. The SMILES string of the molecule is CN1CCN(Cc2nc3cc(Cl)ccc3c(=O)[nH]2)CC1. The zero-order valence-corrected chi connectivity index (χ0v) is 12.2. The van der Waals surface area contributed by atoms with E-state index in [4.69, 9.17) is 11.6 Å². The standard InChI is InChI=1S/C14H17ClN4O/c1-18-4-6-19(7-5-18)9-13-16-12-8-10(15)2-3-11(12)14(20)17-13/h2-3,8H,4-7,9H2,1H3,(H,16,17,20). The molecule has 1 aliphatic rings. The number of benzene rings is 1. The van der Waals surface area contributed by atoms with E-state index in [2.05, 4.69) is 26.8 Å². The predicted octanol–water partition coefficient (Wildman–Crippen LogP) is 1.32. The van der Waals surface area contributed by atoms with Crippen LogP contribution >= 0.6 is 11.6 Å². The van der Waals surface area contributed by atoms with E-state index < -0.39 is 0 Å². The molecule has 0 bridgehead atoms. The summed E-state index contributed by atoms with van der Waals surface area (Å²) in [6.07, 6.45) is 0. The van der Waals surface area contributed by atoms with Crippen LogP contribution in [0, 0.1) is 0 Å². The number of fused-ring (bicyclic) bond motifs is 1. The number of nitrogens with one attached hydrogen (secondary N) is 1. The minimum Gasteiger partial charge on any atom is -0.309 e. The number of aromatic nitrogens is 2. The minimum atomic E-state index is -0.101. The number of hydrogen-bond acceptors (Lipinski definition) is 4. The summed E-state index contributed by atoms with van der Waals surface area (Å²) in [5, 5.41) is 1.18. The highest BCUT2D eigenvalue weighted by atomic mass is 35.5. The Morgan fingerprint density at radius 1 is 1.30 bits per heavy atom. The average Bonchev–Trinajstić information content (AvgIpc) is 2.41. The largest absolute Gasteiger partial charge is 0.309 e. The van der Waals surface area contributed by atoms with E-state index in [1.807, 2.05) is 0 Å². The summed E-state index contributed by atoms with van der Waals surface area (Å²) in [6, 6.07) is 5.16. The molecule has 106 valence electrons. The van der Waals surface area contributed by atoms with E-state index in [1.54, 1.807) is 18.2 Å². The summed E-state index contributed by atoms with van der Waals surface area (Å²) >= 11 is 5.96. The number of hydrogen-bond donors (Lipinski definition) is 1. The van der Waals surface area contributed by atoms with E-state index in [1.165, 1.54) is 0 Å². The van der Waals surface area contributed by atoms with Gasteiger partial charge in [-0.15, -0.1) is 0 Å². The van der Waals surface area contributed by atoms with Crippen LogP contribution < -0.4 is 5.56 Å². The Bertz CT molecular complexity index is 676. The van der Waals surface area contributed by atoms with Crippen LogP contribution in [0.1, 0.15) is 5.82 Å². The summed E-state index contributed by atoms with van der Waals surface area (Å²) in [5.74, 6) is 0.703. The lowest BCUT2D eigenvalue weighted by Gasteiger charge is -2.31. The maximum atomic E-state index is 12.0. The number of halogens is 1. The molecule has 20 heavy (non-hydrogen) atoms. The third kappa shape index (κ3) is 2.85. The molecule has 1 saturated heterocycles. The third-order valence-electron chi connectivity index (χ3n) is 3.69. The van der Waals surface area contributed by atoms with Crippen molar-refractivity contribution in [1.82, 2.24) is 19.8 Å². The second kappa shape index (κ2) is 5.52. The number of nitrogens with zero attached hydrogens (tertiary/aromatic N) is 3. The van der Waals surface area contributed by atoms with Crippen molar-refractivity contribution in [2.24, 2.45) is 0 Å². The van der Waals surface area contributed by atoms with E-state index in [0.717, 1.165) is 26.2 Å². The Kier molecular flexibility index (Phi) is 3.74. The Morgan fingerprint density at radius 2 is 2.05 bits per heavy atom. The molecule has 0 aliphatic carbocycles. The first-order valence-electron chi connectivity index (χ1n) is 6.71. The number of rotatable bonds is 2. The predicted molar refractivity (Wildman–Crippen MR) is 80.1 cm³/mol. The van der Waals surface area contributed by atoms with E-state index in [0.29, 0.717) is 28.3 Å². The van der Waals surface area contributed by atoms with Crippen molar-refractivity contribution in [2.75, 3.05) is 33.2 Å². The first-order chi connectivity index (χ1) is 9.61. The molecule has 5 nitrogen and oxygen atoms in total. The van der Waals surface area contributed by atoms with Crippen molar-refractivity contribution in [3.05, 3.63) is 39.4 Å². The lowest BCUT2D eigenvalue weighted by molar-refractivity contribution is 0.145. The van der Waals surface area contributed by atoms with Gasteiger partial charge in [0.05, 0.1) is 17.4 Å². The summed E-state index contributed by atoms with van der Waals surface area (Å²) in [7, 11) is 2.12. The first kappa shape index (κ1) is 13.5. The van der Waals surface area contributed by atoms with Crippen molar-refractivity contribution in [3.63, 3.8) is 0 Å². The van der Waals surface area contributed by atoms with Crippen LogP contribution in [0.15, 0.2) is 23.0 Å².